The number of hydrogen-bond donors (Lipinski definition) is 0. The fourth-order valence-electron chi connectivity index (χ4n) is 7.81. The van der Waals surface area contributed by atoms with Crippen LogP contribution in [0, 0.1) is 0 Å². The number of rotatable bonds is 3. The third-order valence-corrected chi connectivity index (χ3v) is 9.84. The molecule has 0 aliphatic carbocycles. The van der Waals surface area contributed by atoms with Crippen LogP contribution in [0.4, 0.5) is 0 Å². The van der Waals surface area contributed by atoms with E-state index >= 15 is 0 Å². The first kappa shape index (κ1) is 26.1. The van der Waals surface area contributed by atoms with Gasteiger partial charge in [0, 0.05) is 16.3 Å². The molecule has 1 nitrogen and oxygen atoms in total. The Bertz CT molecular complexity index is 2790. The molecule has 1 heterocycles. The molecule has 0 aliphatic heterocycles. The van der Waals surface area contributed by atoms with Crippen LogP contribution in [0.5, 0.6) is 0 Å². The highest BCUT2D eigenvalue weighted by Crippen LogP contribution is 2.46. The van der Waals surface area contributed by atoms with Crippen LogP contribution in [-0.2, 0) is 0 Å². The normalized spacial score (nSPS) is 11.8. The lowest BCUT2D eigenvalue weighted by Crippen LogP contribution is -1.92. The van der Waals surface area contributed by atoms with E-state index in [-0.39, 0.29) is 0 Å². The quantitative estimate of drug-likeness (QED) is 0.185. The summed E-state index contributed by atoms with van der Waals surface area (Å²) in [7, 11) is 0. The van der Waals surface area contributed by atoms with Crippen LogP contribution >= 0.6 is 0 Å². The molecule has 9 aromatic carbocycles. The first-order chi connectivity index (χ1) is 23.3. The van der Waals surface area contributed by atoms with E-state index in [2.05, 4.69) is 170 Å². The summed E-state index contributed by atoms with van der Waals surface area (Å²) < 4.78 is 6.63. The van der Waals surface area contributed by atoms with E-state index in [1.807, 2.05) is 0 Å². The number of hydrogen-bond acceptors (Lipinski definition) is 1. The predicted octanol–water partition coefficient (Wildman–Crippen LogP) is 13.2. The number of furan rings is 1. The molecular formula is C46H28O. The highest BCUT2D eigenvalue weighted by atomic mass is 16.3. The van der Waals surface area contributed by atoms with E-state index < -0.39 is 0 Å². The predicted molar refractivity (Wildman–Crippen MR) is 200 cm³/mol. The highest BCUT2D eigenvalue weighted by molar-refractivity contribution is 6.24. The van der Waals surface area contributed by atoms with Crippen molar-refractivity contribution in [2.24, 2.45) is 0 Å². The summed E-state index contributed by atoms with van der Waals surface area (Å²) in [6.45, 7) is 0. The van der Waals surface area contributed by atoms with E-state index in [1.165, 1.54) is 70.7 Å². The molecule has 218 valence electrons. The lowest BCUT2D eigenvalue weighted by molar-refractivity contribution is 0.670. The minimum atomic E-state index is 0.920. The summed E-state index contributed by atoms with van der Waals surface area (Å²) in [6, 6.07) is 61.5. The molecule has 0 amide bonds. The van der Waals surface area contributed by atoms with Crippen LogP contribution in [0.15, 0.2) is 174 Å². The summed E-state index contributed by atoms with van der Waals surface area (Å²) in [6.07, 6.45) is 0. The molecule has 0 spiro atoms. The molecular weight excluding hydrogens is 569 g/mol. The Kier molecular flexibility index (Phi) is 5.64. The van der Waals surface area contributed by atoms with E-state index in [4.69, 9.17) is 4.42 Å². The molecule has 47 heavy (non-hydrogen) atoms. The highest BCUT2D eigenvalue weighted by Gasteiger charge is 2.19. The molecule has 0 unspecified atom stereocenters. The Morgan fingerprint density at radius 3 is 1.57 bits per heavy atom. The first-order valence-corrected chi connectivity index (χ1v) is 16.2. The van der Waals surface area contributed by atoms with Gasteiger partial charge in [0.05, 0.1) is 0 Å². The maximum Gasteiger partial charge on any atom is 0.143 e. The Morgan fingerprint density at radius 2 is 0.830 bits per heavy atom. The second-order valence-electron chi connectivity index (χ2n) is 12.4. The van der Waals surface area contributed by atoms with Crippen LogP contribution in [0.1, 0.15) is 0 Å². The van der Waals surface area contributed by atoms with Gasteiger partial charge in [0.2, 0.25) is 0 Å². The van der Waals surface area contributed by atoms with Gasteiger partial charge in [-0.25, -0.2) is 0 Å². The largest absolute Gasteiger partial charge is 0.455 e. The van der Waals surface area contributed by atoms with Crippen molar-refractivity contribution in [2.75, 3.05) is 0 Å². The smallest absolute Gasteiger partial charge is 0.143 e. The van der Waals surface area contributed by atoms with Gasteiger partial charge in [0.15, 0.2) is 0 Å². The molecule has 0 saturated heterocycles. The van der Waals surface area contributed by atoms with Crippen molar-refractivity contribution in [2.45, 2.75) is 0 Å². The van der Waals surface area contributed by atoms with Crippen molar-refractivity contribution in [3.8, 4) is 33.4 Å². The average Bonchev–Trinajstić information content (AvgIpc) is 3.53. The Balaban J connectivity index is 1.24. The first-order valence-electron chi connectivity index (χ1n) is 16.2. The van der Waals surface area contributed by atoms with Gasteiger partial charge in [0.1, 0.15) is 11.2 Å². The van der Waals surface area contributed by atoms with Crippen LogP contribution < -0.4 is 0 Å². The van der Waals surface area contributed by atoms with Crippen LogP contribution in [-0.4, -0.2) is 0 Å². The maximum atomic E-state index is 6.63. The van der Waals surface area contributed by atoms with Crippen molar-refractivity contribution < 1.29 is 4.42 Å². The zero-order valence-corrected chi connectivity index (χ0v) is 25.6. The molecule has 0 N–H and O–H groups in total. The molecule has 1 heteroatoms. The fourth-order valence-corrected chi connectivity index (χ4v) is 7.81. The lowest BCUT2D eigenvalue weighted by atomic mass is 9.84. The van der Waals surface area contributed by atoms with Gasteiger partial charge in [-0.05, 0) is 83.0 Å². The second-order valence-corrected chi connectivity index (χ2v) is 12.4. The van der Waals surface area contributed by atoms with Gasteiger partial charge in [-0.2, -0.15) is 0 Å². The minimum Gasteiger partial charge on any atom is -0.455 e. The standard InChI is InChI=1S/C46H28O/c1-3-17-33-29(12-1)14-10-24-36(33)44-39-21-7-5-19-37(39)43(38-20-6-8-22-40(38)44)32-16-9-15-31(28-32)35-23-11-25-41-45-34-18-4-2-13-30(34)26-27-42(45)47-46(35)41/h1-28H. The topological polar surface area (TPSA) is 13.1 Å². The van der Waals surface area contributed by atoms with Gasteiger partial charge in [-0.1, -0.05) is 158 Å². The fraction of sp³-hybridized carbons (Fsp3) is 0. The Hall–Kier alpha value is -6.18. The summed E-state index contributed by atoms with van der Waals surface area (Å²) in [5.74, 6) is 0. The van der Waals surface area contributed by atoms with E-state index in [9.17, 15) is 0 Å². The molecule has 0 atom stereocenters. The SMILES string of the molecule is c1cc(-c2c3ccccc3c(-c3cccc4ccccc34)c3ccccc23)cc(-c2cccc3c2oc2ccc4ccccc4c23)c1. The van der Waals surface area contributed by atoms with Gasteiger partial charge in [-0.3, -0.25) is 0 Å². The third kappa shape index (κ3) is 3.90. The Morgan fingerprint density at radius 1 is 0.319 bits per heavy atom. The molecule has 10 rings (SSSR count). The van der Waals surface area contributed by atoms with Crippen LogP contribution in [0.2, 0.25) is 0 Å². The summed E-state index contributed by atoms with van der Waals surface area (Å²) in [4.78, 5) is 0. The summed E-state index contributed by atoms with van der Waals surface area (Å²) >= 11 is 0. The molecule has 10 aromatic rings. The minimum absolute atomic E-state index is 0.920. The second kappa shape index (κ2) is 10.2. The van der Waals surface area contributed by atoms with E-state index in [0.29, 0.717) is 0 Å². The zero-order chi connectivity index (χ0) is 30.9. The van der Waals surface area contributed by atoms with Gasteiger partial charge in [0.25, 0.3) is 0 Å². The molecule has 0 fully saturated rings. The molecule has 1 aromatic heterocycles. The van der Waals surface area contributed by atoms with Crippen molar-refractivity contribution in [3.05, 3.63) is 170 Å². The lowest BCUT2D eigenvalue weighted by Gasteiger charge is -2.19. The zero-order valence-electron chi connectivity index (χ0n) is 25.6. The molecule has 0 radical (unpaired) electrons. The van der Waals surface area contributed by atoms with Crippen molar-refractivity contribution in [1.82, 2.24) is 0 Å². The molecule has 0 aliphatic rings. The van der Waals surface area contributed by atoms with E-state index in [0.717, 1.165) is 27.7 Å². The average molecular weight is 597 g/mol. The van der Waals surface area contributed by atoms with Crippen molar-refractivity contribution in [3.63, 3.8) is 0 Å². The van der Waals surface area contributed by atoms with Gasteiger partial charge >= 0.3 is 0 Å². The van der Waals surface area contributed by atoms with Crippen LogP contribution in [0.25, 0.3) is 98.4 Å². The number of para-hydroxylation sites is 1. The molecule has 0 saturated carbocycles. The van der Waals surface area contributed by atoms with E-state index in [1.54, 1.807) is 0 Å². The monoisotopic (exact) mass is 596 g/mol. The maximum absolute atomic E-state index is 6.63. The van der Waals surface area contributed by atoms with Crippen LogP contribution in [0.3, 0.4) is 0 Å². The van der Waals surface area contributed by atoms with Crippen molar-refractivity contribution in [1.29, 1.82) is 0 Å². The summed E-state index contributed by atoms with van der Waals surface area (Å²) in [5.41, 5.74) is 9.09. The Labute approximate surface area is 271 Å². The van der Waals surface area contributed by atoms with Gasteiger partial charge in [-0.15, -0.1) is 0 Å². The summed E-state index contributed by atoms with van der Waals surface area (Å²) in [5, 5.41) is 12.3. The third-order valence-electron chi connectivity index (χ3n) is 9.84. The number of fused-ring (bicyclic) bond motifs is 8. The van der Waals surface area contributed by atoms with Gasteiger partial charge < -0.3 is 4.42 Å². The molecule has 0 bridgehead atoms. The number of benzene rings is 9. The van der Waals surface area contributed by atoms with Crippen molar-refractivity contribution >= 4 is 65.0 Å².